The van der Waals surface area contributed by atoms with Gasteiger partial charge in [-0.25, -0.2) is 17.5 Å². The fourth-order valence-corrected chi connectivity index (χ4v) is 5.15. The summed E-state index contributed by atoms with van der Waals surface area (Å²) in [6.07, 6.45) is 5.95. The number of piperidine rings is 1. The van der Waals surface area contributed by atoms with Gasteiger partial charge in [-0.15, -0.1) is 0 Å². The highest BCUT2D eigenvalue weighted by Crippen LogP contribution is 2.33. The zero-order valence-corrected chi connectivity index (χ0v) is 18.4. The van der Waals surface area contributed by atoms with Crippen molar-refractivity contribution in [2.75, 3.05) is 30.9 Å². The molecule has 0 radical (unpaired) electrons. The number of nitrogens with zero attached hydrogens (tertiary/aromatic N) is 1. The van der Waals surface area contributed by atoms with E-state index in [-0.39, 0.29) is 23.4 Å². The van der Waals surface area contributed by atoms with Gasteiger partial charge in [0.2, 0.25) is 15.9 Å². The van der Waals surface area contributed by atoms with Crippen LogP contribution in [0.3, 0.4) is 0 Å². The van der Waals surface area contributed by atoms with E-state index in [9.17, 15) is 17.6 Å². The molecule has 1 unspecified atom stereocenters. The van der Waals surface area contributed by atoms with Gasteiger partial charge in [-0.2, -0.15) is 11.8 Å². The first-order valence-electron chi connectivity index (χ1n) is 9.89. The highest BCUT2D eigenvalue weighted by molar-refractivity contribution is 7.98. The Kier molecular flexibility index (Phi) is 7.23. The Bertz CT molecular complexity index is 953. The molecule has 1 aliphatic rings. The summed E-state index contributed by atoms with van der Waals surface area (Å²) in [6.45, 7) is 2.74. The third-order valence-electron chi connectivity index (χ3n) is 5.53. The van der Waals surface area contributed by atoms with Crippen LogP contribution in [0.4, 0.5) is 4.39 Å². The minimum absolute atomic E-state index is 0.0424. The van der Waals surface area contributed by atoms with Gasteiger partial charge in [-0.3, -0.25) is 4.79 Å². The number of thioether (sulfide) groups is 1. The summed E-state index contributed by atoms with van der Waals surface area (Å²) in [5, 5.41) is 1.02. The van der Waals surface area contributed by atoms with E-state index in [0.717, 1.165) is 29.3 Å². The summed E-state index contributed by atoms with van der Waals surface area (Å²) in [5.74, 6) is 0.549. The summed E-state index contributed by atoms with van der Waals surface area (Å²) in [4.78, 5) is 17.9. The number of aromatic nitrogens is 1. The second-order valence-corrected chi connectivity index (χ2v) is 10.4. The minimum atomic E-state index is -3.45. The van der Waals surface area contributed by atoms with Gasteiger partial charge in [0.15, 0.2) is 0 Å². The van der Waals surface area contributed by atoms with Crippen LogP contribution in [-0.2, 0) is 14.8 Å². The van der Waals surface area contributed by atoms with Crippen LogP contribution in [0.15, 0.2) is 24.4 Å². The summed E-state index contributed by atoms with van der Waals surface area (Å²) in [6, 6.07) is 4.05. The number of aromatic amines is 1. The third-order valence-corrected chi connectivity index (χ3v) is 7.58. The first kappa shape index (κ1) is 22.1. The number of H-pyrrole nitrogens is 1. The van der Waals surface area contributed by atoms with Gasteiger partial charge in [0.1, 0.15) is 11.9 Å². The minimum Gasteiger partial charge on any atom is -0.361 e. The van der Waals surface area contributed by atoms with E-state index in [1.165, 1.54) is 12.1 Å². The Morgan fingerprint density at radius 3 is 2.76 bits per heavy atom. The van der Waals surface area contributed by atoms with Crippen molar-refractivity contribution in [1.29, 1.82) is 0 Å². The molecule has 1 atom stereocenters. The summed E-state index contributed by atoms with van der Waals surface area (Å²) < 4.78 is 40.0. The number of amides is 1. The fourth-order valence-electron chi connectivity index (χ4n) is 3.86. The van der Waals surface area contributed by atoms with Crippen LogP contribution in [0.1, 0.15) is 37.7 Å². The smallest absolute Gasteiger partial charge is 0.240 e. The molecule has 2 N–H and O–H groups in total. The van der Waals surface area contributed by atoms with Crippen molar-refractivity contribution in [3.05, 3.63) is 35.8 Å². The molecule has 160 valence electrons. The topological polar surface area (TPSA) is 82.3 Å². The van der Waals surface area contributed by atoms with Crippen molar-refractivity contribution < 1.29 is 17.6 Å². The summed E-state index contributed by atoms with van der Waals surface area (Å²) in [7, 11) is -3.45. The lowest BCUT2D eigenvalue weighted by Gasteiger charge is -2.34. The number of halogens is 1. The average molecular weight is 442 g/mol. The van der Waals surface area contributed by atoms with E-state index >= 15 is 0 Å². The van der Waals surface area contributed by atoms with E-state index < -0.39 is 16.1 Å². The van der Waals surface area contributed by atoms with Crippen LogP contribution in [0.25, 0.3) is 10.9 Å². The molecule has 1 aromatic heterocycles. The Labute approximate surface area is 175 Å². The lowest BCUT2D eigenvalue weighted by Crippen LogP contribution is -2.51. The Morgan fingerprint density at radius 2 is 2.10 bits per heavy atom. The number of hydrogen-bond donors (Lipinski definition) is 2. The van der Waals surface area contributed by atoms with Crippen molar-refractivity contribution >= 4 is 38.6 Å². The maximum atomic E-state index is 13.4. The molecule has 2 aromatic rings. The first-order chi connectivity index (χ1) is 13.8. The number of carbonyl (C=O) groups excluding carboxylic acids is 1. The van der Waals surface area contributed by atoms with E-state index in [2.05, 4.69) is 9.71 Å². The fraction of sp³-hybridized carbons (Fsp3) is 0.550. The molecule has 9 heteroatoms. The highest BCUT2D eigenvalue weighted by atomic mass is 32.2. The monoisotopic (exact) mass is 441 g/mol. The van der Waals surface area contributed by atoms with Crippen LogP contribution in [0, 0.1) is 5.82 Å². The first-order valence-corrected chi connectivity index (χ1v) is 12.9. The maximum Gasteiger partial charge on any atom is 0.240 e. The van der Waals surface area contributed by atoms with E-state index in [4.69, 9.17) is 0 Å². The number of likely N-dealkylation sites (tertiary alicyclic amines) is 1. The van der Waals surface area contributed by atoms with Crippen LogP contribution in [0.5, 0.6) is 0 Å². The van der Waals surface area contributed by atoms with Crippen molar-refractivity contribution in [2.24, 2.45) is 0 Å². The highest BCUT2D eigenvalue weighted by Gasteiger charge is 2.31. The van der Waals surface area contributed by atoms with Crippen molar-refractivity contribution in [1.82, 2.24) is 14.6 Å². The quantitative estimate of drug-likeness (QED) is 0.660. The number of benzene rings is 1. The lowest BCUT2D eigenvalue weighted by molar-refractivity contribution is -0.134. The molecule has 1 saturated heterocycles. The predicted octanol–water partition coefficient (Wildman–Crippen LogP) is 3.07. The largest absolute Gasteiger partial charge is 0.361 e. The summed E-state index contributed by atoms with van der Waals surface area (Å²) in [5.41, 5.74) is 1.93. The van der Waals surface area contributed by atoms with E-state index in [1.807, 2.05) is 12.5 Å². The zero-order chi connectivity index (χ0) is 21.0. The number of nitrogens with one attached hydrogen (secondary N) is 2. The van der Waals surface area contributed by atoms with Crippen LogP contribution < -0.4 is 4.72 Å². The van der Waals surface area contributed by atoms with Crippen LogP contribution in [-0.4, -0.2) is 61.1 Å². The molecule has 0 saturated carbocycles. The Hall–Kier alpha value is -1.58. The second-order valence-electron chi connectivity index (χ2n) is 7.39. The van der Waals surface area contributed by atoms with Crippen molar-refractivity contribution in [3.8, 4) is 0 Å². The normalized spacial score (nSPS) is 17.0. The summed E-state index contributed by atoms with van der Waals surface area (Å²) >= 11 is 1.59. The number of fused-ring (bicyclic) bond motifs is 1. The average Bonchev–Trinajstić information content (AvgIpc) is 3.13. The molecule has 1 fully saturated rings. The number of hydrogen-bond acceptors (Lipinski definition) is 4. The molecule has 0 bridgehead atoms. The second kappa shape index (κ2) is 9.49. The van der Waals surface area contributed by atoms with Gasteiger partial charge < -0.3 is 9.88 Å². The third kappa shape index (κ3) is 5.32. The molecular formula is C20H28FN3O3S2. The molecular weight excluding hydrogens is 413 g/mol. The molecule has 0 spiro atoms. The number of rotatable bonds is 8. The standard InChI is InChI=1S/C20H28FN3O3S2/c1-3-29(26,27)23-18(8-11-28-2)20(25)24-9-6-14(7-10-24)17-13-22-19-12-15(21)4-5-16(17)19/h4-5,12-14,18,22-23H,3,6-11H2,1-2H3. The van der Waals surface area contributed by atoms with E-state index in [1.54, 1.807) is 29.7 Å². The van der Waals surface area contributed by atoms with Crippen molar-refractivity contribution in [3.63, 3.8) is 0 Å². The molecule has 3 rings (SSSR count). The maximum absolute atomic E-state index is 13.4. The Morgan fingerprint density at radius 1 is 1.38 bits per heavy atom. The molecule has 6 nitrogen and oxygen atoms in total. The van der Waals surface area contributed by atoms with Crippen LogP contribution >= 0.6 is 11.8 Å². The number of sulfonamides is 1. The molecule has 1 amide bonds. The van der Waals surface area contributed by atoms with Gasteiger partial charge in [-0.1, -0.05) is 0 Å². The predicted molar refractivity (Wildman–Crippen MR) is 116 cm³/mol. The van der Waals surface area contributed by atoms with Crippen LogP contribution in [0.2, 0.25) is 0 Å². The van der Waals surface area contributed by atoms with Gasteiger partial charge >= 0.3 is 0 Å². The van der Waals surface area contributed by atoms with Gasteiger partial charge in [-0.05, 0) is 67.9 Å². The van der Waals surface area contributed by atoms with E-state index in [0.29, 0.717) is 25.3 Å². The molecule has 1 aromatic carbocycles. The molecule has 0 aliphatic carbocycles. The SMILES string of the molecule is CCS(=O)(=O)NC(CCSC)C(=O)N1CCC(c2c[nH]c3cc(F)ccc23)CC1. The molecule has 1 aliphatic heterocycles. The Balaban J connectivity index is 1.66. The van der Waals surface area contributed by atoms with Gasteiger partial charge in [0.05, 0.1) is 5.75 Å². The zero-order valence-electron chi connectivity index (χ0n) is 16.8. The van der Waals surface area contributed by atoms with Crippen molar-refractivity contribution in [2.45, 2.75) is 38.1 Å². The van der Waals surface area contributed by atoms with Gasteiger partial charge in [0, 0.05) is 30.2 Å². The molecule has 29 heavy (non-hydrogen) atoms. The molecule has 2 heterocycles. The lowest BCUT2D eigenvalue weighted by atomic mass is 9.89. The van der Waals surface area contributed by atoms with Gasteiger partial charge in [0.25, 0.3) is 0 Å². The number of carbonyl (C=O) groups is 1.